The van der Waals surface area contributed by atoms with Crippen LogP contribution in [0.15, 0.2) is 23.1 Å². The summed E-state index contributed by atoms with van der Waals surface area (Å²) in [5.74, 6) is 0. The molecule has 0 bridgehead atoms. The van der Waals surface area contributed by atoms with E-state index in [9.17, 15) is 8.42 Å². The first-order valence-electron chi connectivity index (χ1n) is 6.28. The van der Waals surface area contributed by atoms with Gasteiger partial charge < -0.3 is 0 Å². The molecule has 1 saturated heterocycles. The average Bonchev–Trinajstić information content (AvgIpc) is 2.61. The van der Waals surface area contributed by atoms with E-state index in [2.05, 4.69) is 0 Å². The highest BCUT2D eigenvalue weighted by molar-refractivity contribution is 7.89. The number of benzene rings is 1. The molecule has 0 saturated carbocycles. The second-order valence-electron chi connectivity index (χ2n) is 4.73. The lowest BCUT2D eigenvalue weighted by molar-refractivity contribution is 0.424. The molecule has 0 aromatic heterocycles. The predicted octanol–water partition coefficient (Wildman–Crippen LogP) is 3.21. The smallest absolute Gasteiger partial charge is 0.207 e. The predicted molar refractivity (Wildman–Crippen MR) is 73.4 cm³/mol. The number of sulfonamides is 1. The van der Waals surface area contributed by atoms with Crippen LogP contribution in [0, 0.1) is 6.92 Å². The lowest BCUT2D eigenvalue weighted by atomic mass is 10.2. The van der Waals surface area contributed by atoms with E-state index in [1.807, 2.05) is 6.92 Å². The minimum Gasteiger partial charge on any atom is -0.207 e. The highest BCUT2D eigenvalue weighted by Gasteiger charge is 2.25. The van der Waals surface area contributed by atoms with Crippen molar-refractivity contribution in [2.45, 2.75) is 37.5 Å². The molecule has 1 heterocycles. The largest absolute Gasteiger partial charge is 0.243 e. The van der Waals surface area contributed by atoms with E-state index in [1.54, 1.807) is 22.5 Å². The van der Waals surface area contributed by atoms with Crippen molar-refractivity contribution in [1.82, 2.24) is 4.31 Å². The molecule has 0 spiro atoms. The number of hydrogen-bond acceptors (Lipinski definition) is 2. The molecule has 1 aliphatic heterocycles. The maximum atomic E-state index is 12.5. The van der Waals surface area contributed by atoms with Crippen molar-refractivity contribution in [2.75, 3.05) is 13.1 Å². The van der Waals surface area contributed by atoms with Crippen molar-refractivity contribution in [2.24, 2.45) is 0 Å². The Balaban J connectivity index is 2.31. The van der Waals surface area contributed by atoms with Gasteiger partial charge in [0.25, 0.3) is 0 Å². The molecule has 1 aliphatic rings. The van der Waals surface area contributed by atoms with Crippen molar-refractivity contribution < 1.29 is 8.42 Å². The van der Waals surface area contributed by atoms with Crippen LogP contribution in [0.1, 0.15) is 31.2 Å². The fraction of sp³-hybridized carbons (Fsp3) is 0.538. The van der Waals surface area contributed by atoms with E-state index < -0.39 is 10.0 Å². The molecule has 0 radical (unpaired) electrons. The van der Waals surface area contributed by atoms with Crippen LogP contribution in [0.3, 0.4) is 0 Å². The van der Waals surface area contributed by atoms with E-state index in [1.165, 1.54) is 0 Å². The van der Waals surface area contributed by atoms with E-state index in [-0.39, 0.29) is 0 Å². The number of rotatable bonds is 2. The minimum absolute atomic E-state index is 0.306. The summed E-state index contributed by atoms with van der Waals surface area (Å²) in [6, 6.07) is 4.95. The van der Waals surface area contributed by atoms with Gasteiger partial charge in [-0.2, -0.15) is 4.31 Å². The summed E-state index contributed by atoms with van der Waals surface area (Å²) in [5, 5.41) is 0.505. The number of halogens is 1. The zero-order valence-electron chi connectivity index (χ0n) is 10.5. The Morgan fingerprint density at radius 1 is 1.11 bits per heavy atom. The van der Waals surface area contributed by atoms with Crippen molar-refractivity contribution in [3.05, 3.63) is 28.8 Å². The molecule has 1 aromatic rings. The summed E-state index contributed by atoms with van der Waals surface area (Å²) in [4.78, 5) is 0.306. The first-order chi connectivity index (χ1) is 8.51. The van der Waals surface area contributed by atoms with Crippen LogP contribution >= 0.6 is 11.6 Å². The van der Waals surface area contributed by atoms with E-state index in [4.69, 9.17) is 11.6 Å². The van der Waals surface area contributed by atoms with Gasteiger partial charge in [0.15, 0.2) is 0 Å². The lowest BCUT2D eigenvalue weighted by Crippen LogP contribution is -2.31. The Bertz CT molecular complexity index is 520. The van der Waals surface area contributed by atoms with Crippen LogP contribution in [0.25, 0.3) is 0 Å². The Kier molecular flexibility index (Phi) is 4.30. The van der Waals surface area contributed by atoms with Crippen LogP contribution < -0.4 is 0 Å². The second-order valence-corrected chi connectivity index (χ2v) is 7.07. The van der Waals surface area contributed by atoms with Gasteiger partial charge in [0.1, 0.15) is 0 Å². The van der Waals surface area contributed by atoms with Gasteiger partial charge in [-0.15, -0.1) is 0 Å². The molecule has 100 valence electrons. The molecule has 3 nitrogen and oxygen atoms in total. The highest BCUT2D eigenvalue weighted by Crippen LogP contribution is 2.24. The fourth-order valence-electron chi connectivity index (χ4n) is 2.17. The summed E-state index contributed by atoms with van der Waals surface area (Å²) < 4.78 is 26.5. The van der Waals surface area contributed by atoms with Crippen LogP contribution in [-0.2, 0) is 10.0 Å². The third-order valence-corrected chi connectivity index (χ3v) is 5.65. The topological polar surface area (TPSA) is 37.4 Å². The molecule has 18 heavy (non-hydrogen) atoms. The Morgan fingerprint density at radius 2 is 1.72 bits per heavy atom. The van der Waals surface area contributed by atoms with Gasteiger partial charge in [0.2, 0.25) is 10.0 Å². The van der Waals surface area contributed by atoms with Gasteiger partial charge in [0.05, 0.1) is 4.90 Å². The monoisotopic (exact) mass is 287 g/mol. The molecule has 0 aliphatic carbocycles. The van der Waals surface area contributed by atoms with Gasteiger partial charge in [-0.1, -0.05) is 30.5 Å². The highest BCUT2D eigenvalue weighted by atomic mass is 35.5. The third kappa shape index (κ3) is 2.87. The van der Waals surface area contributed by atoms with Gasteiger partial charge in [-0.3, -0.25) is 0 Å². The normalized spacial score (nSPS) is 18.6. The zero-order valence-corrected chi connectivity index (χ0v) is 12.1. The molecule has 0 N–H and O–H groups in total. The molecule has 1 aromatic carbocycles. The number of nitrogens with zero attached hydrogens (tertiary/aromatic N) is 1. The summed E-state index contributed by atoms with van der Waals surface area (Å²) in [6.07, 6.45) is 4.11. The molecule has 0 amide bonds. The molecule has 1 fully saturated rings. The maximum absolute atomic E-state index is 12.5. The minimum atomic E-state index is -3.38. The Labute approximate surface area is 114 Å². The fourth-order valence-corrected chi connectivity index (χ4v) is 3.95. The molecule has 0 unspecified atom stereocenters. The van der Waals surface area contributed by atoms with Crippen molar-refractivity contribution in [3.63, 3.8) is 0 Å². The van der Waals surface area contributed by atoms with Crippen LogP contribution in [-0.4, -0.2) is 25.8 Å². The Hall–Kier alpha value is -0.580. The molecule has 0 atom stereocenters. The maximum Gasteiger partial charge on any atom is 0.243 e. The van der Waals surface area contributed by atoms with Crippen LogP contribution in [0.4, 0.5) is 0 Å². The van der Waals surface area contributed by atoms with Gasteiger partial charge in [0, 0.05) is 18.1 Å². The summed E-state index contributed by atoms with van der Waals surface area (Å²) in [6.45, 7) is 3.10. The van der Waals surface area contributed by atoms with Crippen LogP contribution in [0.2, 0.25) is 5.02 Å². The molecule has 5 heteroatoms. The number of aryl methyl sites for hydroxylation is 1. The lowest BCUT2D eigenvalue weighted by Gasteiger charge is -2.20. The Morgan fingerprint density at radius 3 is 2.28 bits per heavy atom. The molecule has 2 rings (SSSR count). The quantitative estimate of drug-likeness (QED) is 0.837. The first kappa shape index (κ1) is 13.8. The summed E-state index contributed by atoms with van der Waals surface area (Å²) in [7, 11) is -3.38. The van der Waals surface area contributed by atoms with Crippen molar-refractivity contribution in [3.8, 4) is 0 Å². The molecular weight excluding hydrogens is 270 g/mol. The van der Waals surface area contributed by atoms with Gasteiger partial charge >= 0.3 is 0 Å². The second kappa shape index (κ2) is 5.59. The summed E-state index contributed by atoms with van der Waals surface area (Å²) >= 11 is 6.01. The first-order valence-corrected chi connectivity index (χ1v) is 8.10. The van der Waals surface area contributed by atoms with Crippen LogP contribution in [0.5, 0.6) is 0 Å². The van der Waals surface area contributed by atoms with Crippen molar-refractivity contribution in [1.29, 1.82) is 0 Å². The SMILES string of the molecule is Cc1ccc(S(=O)(=O)N2CCCCCC2)cc1Cl. The average molecular weight is 288 g/mol. The number of hydrogen-bond donors (Lipinski definition) is 0. The van der Waals surface area contributed by atoms with E-state index in [0.717, 1.165) is 31.2 Å². The third-order valence-electron chi connectivity index (χ3n) is 3.35. The standard InChI is InChI=1S/C13H18ClNO2S/c1-11-6-7-12(10-13(11)14)18(16,17)15-8-4-2-3-5-9-15/h6-7,10H,2-5,8-9H2,1H3. The van der Waals surface area contributed by atoms with Crippen molar-refractivity contribution >= 4 is 21.6 Å². The van der Waals surface area contributed by atoms with E-state index in [0.29, 0.717) is 23.0 Å². The molecular formula is C13H18ClNO2S. The van der Waals surface area contributed by atoms with E-state index >= 15 is 0 Å². The zero-order chi connectivity index (χ0) is 13.2. The van der Waals surface area contributed by atoms with Gasteiger partial charge in [-0.25, -0.2) is 8.42 Å². The summed E-state index contributed by atoms with van der Waals surface area (Å²) in [5.41, 5.74) is 0.895. The van der Waals surface area contributed by atoms with Gasteiger partial charge in [-0.05, 0) is 37.5 Å².